The smallest absolute Gasteiger partial charge is 0.124 e. The fourth-order valence-corrected chi connectivity index (χ4v) is 4.59. The molecular formula is C27H28N2O. The quantitative estimate of drug-likeness (QED) is 0.617. The van der Waals surface area contributed by atoms with Crippen LogP contribution in [0.5, 0.6) is 5.75 Å². The molecule has 30 heavy (non-hydrogen) atoms. The third kappa shape index (κ3) is 4.04. The van der Waals surface area contributed by atoms with E-state index in [0.717, 1.165) is 38.5 Å². The minimum atomic E-state index is 0.266. The Morgan fingerprint density at radius 3 is 2.30 bits per heavy atom. The van der Waals surface area contributed by atoms with Gasteiger partial charge >= 0.3 is 0 Å². The Morgan fingerprint density at radius 1 is 0.767 bits per heavy atom. The zero-order valence-electron chi connectivity index (χ0n) is 17.3. The molecule has 3 aromatic rings. The number of hydrogen-bond acceptors (Lipinski definition) is 3. The number of piperazine rings is 1. The van der Waals surface area contributed by atoms with Gasteiger partial charge in [0.05, 0.1) is 6.04 Å². The summed E-state index contributed by atoms with van der Waals surface area (Å²) in [6.07, 6.45) is 4.51. The first-order valence-corrected chi connectivity index (χ1v) is 10.9. The lowest BCUT2D eigenvalue weighted by Crippen LogP contribution is -2.47. The Labute approximate surface area is 179 Å². The van der Waals surface area contributed by atoms with Crippen molar-refractivity contribution in [3.8, 4) is 5.75 Å². The van der Waals surface area contributed by atoms with Gasteiger partial charge < -0.3 is 4.74 Å². The van der Waals surface area contributed by atoms with Gasteiger partial charge in [-0.25, -0.2) is 0 Å². The lowest BCUT2D eigenvalue weighted by molar-refractivity contribution is 0.117. The summed E-state index contributed by atoms with van der Waals surface area (Å²) in [7, 11) is 0. The summed E-state index contributed by atoms with van der Waals surface area (Å²) in [6, 6.07) is 28.1. The zero-order valence-corrected chi connectivity index (χ0v) is 17.3. The van der Waals surface area contributed by atoms with Crippen LogP contribution in [0, 0.1) is 0 Å². The van der Waals surface area contributed by atoms with Crippen molar-refractivity contribution in [1.82, 2.24) is 9.80 Å². The van der Waals surface area contributed by atoms with Crippen LogP contribution >= 0.6 is 0 Å². The topological polar surface area (TPSA) is 15.7 Å². The van der Waals surface area contributed by atoms with Crippen molar-refractivity contribution >= 4 is 6.08 Å². The van der Waals surface area contributed by atoms with Crippen LogP contribution in [0.2, 0.25) is 0 Å². The molecule has 3 aromatic carbocycles. The summed E-state index contributed by atoms with van der Waals surface area (Å²) in [5, 5.41) is 0. The Bertz CT molecular complexity index is 959. The van der Waals surface area contributed by atoms with Crippen LogP contribution in [-0.2, 0) is 6.61 Å². The maximum Gasteiger partial charge on any atom is 0.124 e. The van der Waals surface area contributed by atoms with Gasteiger partial charge in [-0.05, 0) is 22.8 Å². The molecule has 3 heteroatoms. The van der Waals surface area contributed by atoms with Crippen molar-refractivity contribution in [2.75, 3.05) is 32.7 Å². The Balaban J connectivity index is 1.31. The summed E-state index contributed by atoms with van der Waals surface area (Å²) in [5.41, 5.74) is 5.24. The Hall–Kier alpha value is -2.88. The molecule has 0 amide bonds. The molecule has 0 N–H and O–H groups in total. The second-order valence-corrected chi connectivity index (χ2v) is 8.08. The van der Waals surface area contributed by atoms with E-state index >= 15 is 0 Å². The molecule has 0 saturated carbocycles. The molecule has 1 unspecified atom stereocenters. The third-order valence-corrected chi connectivity index (χ3v) is 6.19. The number of fused-ring (bicyclic) bond motifs is 2. The number of para-hydroxylation sites is 1. The summed E-state index contributed by atoms with van der Waals surface area (Å²) >= 11 is 0. The Morgan fingerprint density at radius 2 is 1.47 bits per heavy atom. The number of hydrogen-bond donors (Lipinski definition) is 0. The number of benzene rings is 3. The van der Waals surface area contributed by atoms with Gasteiger partial charge in [-0.1, -0.05) is 84.9 Å². The lowest BCUT2D eigenvalue weighted by atomic mass is 9.93. The first-order valence-electron chi connectivity index (χ1n) is 10.9. The third-order valence-electron chi connectivity index (χ3n) is 6.19. The van der Waals surface area contributed by atoms with E-state index in [4.69, 9.17) is 4.74 Å². The summed E-state index contributed by atoms with van der Waals surface area (Å²) in [6.45, 7) is 5.94. The first-order chi connectivity index (χ1) is 14.9. The van der Waals surface area contributed by atoms with E-state index in [9.17, 15) is 0 Å². The van der Waals surface area contributed by atoms with Crippen molar-refractivity contribution in [1.29, 1.82) is 0 Å². The molecule has 0 radical (unpaired) electrons. The van der Waals surface area contributed by atoms with Crippen LogP contribution in [0.4, 0.5) is 0 Å². The first kappa shape index (κ1) is 19.1. The molecule has 2 heterocycles. The molecule has 2 aliphatic heterocycles. The van der Waals surface area contributed by atoms with Crippen LogP contribution in [0.15, 0.2) is 84.9 Å². The van der Waals surface area contributed by atoms with Crippen molar-refractivity contribution in [3.63, 3.8) is 0 Å². The summed E-state index contributed by atoms with van der Waals surface area (Å²) in [5.74, 6) is 1.02. The molecule has 0 aliphatic carbocycles. The van der Waals surface area contributed by atoms with Crippen LogP contribution in [0.3, 0.4) is 0 Å². The highest BCUT2D eigenvalue weighted by atomic mass is 16.5. The normalized spacial score (nSPS) is 19.7. The lowest BCUT2D eigenvalue weighted by Gasteiger charge is -2.39. The Kier molecular flexibility index (Phi) is 5.65. The second kappa shape index (κ2) is 8.86. The maximum absolute atomic E-state index is 6.17. The predicted molar refractivity (Wildman–Crippen MR) is 123 cm³/mol. The summed E-state index contributed by atoms with van der Waals surface area (Å²) < 4.78 is 6.17. The molecule has 5 rings (SSSR count). The van der Waals surface area contributed by atoms with Crippen LogP contribution < -0.4 is 4.74 Å². The van der Waals surface area contributed by atoms with Gasteiger partial charge in [-0.2, -0.15) is 0 Å². The molecule has 1 fully saturated rings. The zero-order chi connectivity index (χ0) is 20.2. The van der Waals surface area contributed by atoms with E-state index in [0.29, 0.717) is 6.61 Å². The average molecular weight is 397 g/mol. The van der Waals surface area contributed by atoms with Crippen molar-refractivity contribution in [2.45, 2.75) is 12.6 Å². The van der Waals surface area contributed by atoms with E-state index in [1.54, 1.807) is 0 Å². The number of ether oxygens (including phenoxy) is 1. The molecule has 1 saturated heterocycles. The molecule has 0 aromatic heterocycles. The molecule has 0 bridgehead atoms. The summed E-state index contributed by atoms with van der Waals surface area (Å²) in [4.78, 5) is 5.17. The van der Waals surface area contributed by atoms with Gasteiger partial charge in [0.15, 0.2) is 0 Å². The largest absolute Gasteiger partial charge is 0.489 e. The average Bonchev–Trinajstić information content (AvgIpc) is 2.97. The molecule has 3 nitrogen and oxygen atoms in total. The SMILES string of the molecule is C(=C\c1ccccc1)/CN1CCN(C2c3ccccc3COc3ccccc32)CC1. The number of rotatable bonds is 4. The van der Waals surface area contributed by atoms with Crippen molar-refractivity contribution < 1.29 is 4.74 Å². The van der Waals surface area contributed by atoms with Gasteiger partial charge in [0.25, 0.3) is 0 Å². The molecule has 0 spiro atoms. The monoisotopic (exact) mass is 396 g/mol. The fourth-order valence-electron chi connectivity index (χ4n) is 4.59. The van der Waals surface area contributed by atoms with Crippen molar-refractivity contribution in [2.24, 2.45) is 0 Å². The van der Waals surface area contributed by atoms with Crippen LogP contribution in [0.25, 0.3) is 6.08 Å². The maximum atomic E-state index is 6.17. The molecule has 152 valence electrons. The van der Waals surface area contributed by atoms with E-state index in [2.05, 4.69) is 101 Å². The van der Waals surface area contributed by atoms with E-state index < -0.39 is 0 Å². The highest BCUT2D eigenvalue weighted by molar-refractivity contribution is 5.49. The fraction of sp³-hybridized carbons (Fsp3) is 0.259. The van der Waals surface area contributed by atoms with E-state index in [1.807, 2.05) is 0 Å². The highest BCUT2D eigenvalue weighted by Gasteiger charge is 2.31. The van der Waals surface area contributed by atoms with Gasteiger partial charge in [-0.3, -0.25) is 9.80 Å². The molecule has 2 aliphatic rings. The van der Waals surface area contributed by atoms with Crippen LogP contribution in [0.1, 0.15) is 28.3 Å². The standard InChI is InChI=1S/C27H28N2O/c1-2-9-22(10-3-1)11-8-16-28-17-19-29(20-18-28)27-24-13-5-4-12-23(24)21-30-26-15-7-6-14-25(26)27/h1-15,27H,16-21H2/b11-8+. The van der Waals surface area contributed by atoms with E-state index in [1.165, 1.54) is 22.3 Å². The number of nitrogens with zero attached hydrogens (tertiary/aromatic N) is 2. The molecular weight excluding hydrogens is 368 g/mol. The van der Waals surface area contributed by atoms with Gasteiger partial charge in [0.2, 0.25) is 0 Å². The van der Waals surface area contributed by atoms with E-state index in [-0.39, 0.29) is 6.04 Å². The van der Waals surface area contributed by atoms with Gasteiger partial charge in [0.1, 0.15) is 12.4 Å². The molecule has 1 atom stereocenters. The van der Waals surface area contributed by atoms with Crippen molar-refractivity contribution in [3.05, 3.63) is 107 Å². The predicted octanol–water partition coefficient (Wildman–Crippen LogP) is 5.00. The highest BCUT2D eigenvalue weighted by Crippen LogP contribution is 2.39. The second-order valence-electron chi connectivity index (χ2n) is 8.08. The minimum absolute atomic E-state index is 0.266. The van der Waals surface area contributed by atoms with Crippen LogP contribution in [-0.4, -0.2) is 42.5 Å². The minimum Gasteiger partial charge on any atom is -0.489 e. The van der Waals surface area contributed by atoms with Gasteiger partial charge in [-0.15, -0.1) is 0 Å². The van der Waals surface area contributed by atoms with Gasteiger partial charge in [0, 0.05) is 38.3 Å².